The third kappa shape index (κ3) is 7.64. The number of benzene rings is 2. The van der Waals surface area contributed by atoms with Crippen LogP contribution in [-0.4, -0.2) is 102 Å². The highest BCUT2D eigenvalue weighted by Crippen LogP contribution is 2.60. The number of rotatable bonds is 18. The van der Waals surface area contributed by atoms with Gasteiger partial charge >= 0.3 is 72.1 Å². The average Bonchev–Trinajstić information content (AvgIpc) is 3.46. The highest BCUT2D eigenvalue weighted by Gasteiger charge is 2.89. The van der Waals surface area contributed by atoms with Gasteiger partial charge in [-0.3, -0.25) is 8.37 Å². The van der Waals surface area contributed by atoms with Crippen molar-refractivity contribution < 1.29 is 131 Å². The van der Waals surface area contributed by atoms with Gasteiger partial charge in [0.1, 0.15) is 13.2 Å². The van der Waals surface area contributed by atoms with Crippen molar-refractivity contribution >= 4 is 20.2 Å². The van der Waals surface area contributed by atoms with Crippen LogP contribution in [0.4, 0.5) is 105 Å². The maximum atomic E-state index is 14.1. The summed E-state index contributed by atoms with van der Waals surface area (Å²) in [6, 6.07) is 2.86. The monoisotopic (exact) mass is 954 g/mol. The summed E-state index contributed by atoms with van der Waals surface area (Å²) in [5.41, 5.74) is -1.13. The molecule has 0 atom stereocenters. The molecule has 0 amide bonds. The third-order valence-electron chi connectivity index (χ3n) is 8.07. The minimum absolute atomic E-state index is 0.183. The highest BCUT2D eigenvalue weighted by atomic mass is 32.2. The second-order valence-corrected chi connectivity index (χ2v) is 15.2. The molecule has 0 aromatic heterocycles. The Balaban J connectivity index is 1.84. The fraction of sp³-hybridized carbons (Fsp3) is 0.556. The molecular formula is C27H14F24O6S2. The molecule has 0 aliphatic heterocycles. The molecule has 338 valence electrons. The molecule has 2 aromatic carbocycles. The molecule has 0 heterocycles. The lowest BCUT2D eigenvalue weighted by molar-refractivity contribution is -0.414. The molecule has 32 heteroatoms. The lowest BCUT2D eigenvalue weighted by Gasteiger charge is -2.38. The smallest absolute Gasteiger partial charge is 0.260 e. The summed E-state index contributed by atoms with van der Waals surface area (Å²) in [6.07, 6.45) is -12.4. The Morgan fingerprint density at radius 1 is 0.441 bits per heavy atom. The second-order valence-electron chi connectivity index (χ2n) is 11.9. The van der Waals surface area contributed by atoms with Crippen molar-refractivity contribution in [2.24, 2.45) is 0 Å². The standard InChI is InChI=1S/C27H14F24O6S2/c28-16(29)20(36,37)24(44,45)26(48,49)22(40,41)18(32,33)8-56-58(52,53)12-1-3-14-10(6-12)5-11-7-13(2-4-15(11)14)59(54,55)57-9-19(34,35)23(42,43)27(50,51)25(46,47)21(38,39)17(30)31/h1-4,6-7,16-17H,5,8-9H2. The maximum absolute atomic E-state index is 14.1. The topological polar surface area (TPSA) is 86.7 Å². The van der Waals surface area contributed by atoms with Gasteiger partial charge < -0.3 is 0 Å². The van der Waals surface area contributed by atoms with E-state index in [2.05, 4.69) is 8.37 Å². The summed E-state index contributed by atoms with van der Waals surface area (Å²) >= 11 is 0. The van der Waals surface area contributed by atoms with Crippen LogP contribution in [0.15, 0.2) is 46.2 Å². The summed E-state index contributed by atoms with van der Waals surface area (Å²) in [6.45, 7) is -7.08. The van der Waals surface area contributed by atoms with Crippen molar-refractivity contribution in [2.45, 2.75) is 88.3 Å². The predicted octanol–water partition coefficient (Wildman–Crippen LogP) is 9.55. The normalized spacial score (nSPS) is 15.9. The first-order valence-electron chi connectivity index (χ1n) is 14.4. The zero-order valence-electron chi connectivity index (χ0n) is 27.1. The zero-order chi connectivity index (χ0) is 46.4. The van der Waals surface area contributed by atoms with Crippen LogP contribution in [0.3, 0.4) is 0 Å². The Kier molecular flexibility index (Phi) is 12.4. The molecule has 0 spiro atoms. The largest absolute Gasteiger partial charge is 0.384 e. The summed E-state index contributed by atoms with van der Waals surface area (Å²) in [5, 5.41) is 0. The van der Waals surface area contributed by atoms with Crippen LogP contribution < -0.4 is 0 Å². The van der Waals surface area contributed by atoms with Gasteiger partial charge in [-0.05, 0) is 52.9 Å². The molecule has 0 radical (unpaired) electrons. The quantitative estimate of drug-likeness (QED) is 0.0934. The van der Waals surface area contributed by atoms with E-state index >= 15 is 0 Å². The maximum Gasteiger partial charge on any atom is 0.384 e. The van der Waals surface area contributed by atoms with Crippen LogP contribution in [-0.2, 0) is 35.0 Å². The van der Waals surface area contributed by atoms with E-state index in [0.717, 1.165) is 0 Å². The van der Waals surface area contributed by atoms with Crippen molar-refractivity contribution in [3.8, 4) is 11.1 Å². The van der Waals surface area contributed by atoms with Gasteiger partial charge in [0, 0.05) is 0 Å². The molecule has 3 rings (SSSR count). The van der Waals surface area contributed by atoms with Crippen LogP contribution in [0, 0.1) is 0 Å². The fourth-order valence-corrected chi connectivity index (χ4v) is 6.56. The number of hydrogen-bond acceptors (Lipinski definition) is 6. The van der Waals surface area contributed by atoms with Gasteiger partial charge in [0.15, 0.2) is 0 Å². The first-order valence-corrected chi connectivity index (χ1v) is 17.2. The van der Waals surface area contributed by atoms with Crippen LogP contribution in [0.1, 0.15) is 11.1 Å². The van der Waals surface area contributed by atoms with Crippen LogP contribution >= 0.6 is 0 Å². The molecule has 2 aromatic rings. The molecule has 0 saturated heterocycles. The highest BCUT2D eigenvalue weighted by molar-refractivity contribution is 7.87. The Morgan fingerprint density at radius 2 is 0.712 bits per heavy atom. The minimum atomic E-state index is -8.02. The van der Waals surface area contributed by atoms with E-state index in [9.17, 15) is 122 Å². The number of fused-ring (bicyclic) bond motifs is 3. The molecule has 1 aliphatic carbocycles. The number of alkyl halides is 24. The zero-order valence-corrected chi connectivity index (χ0v) is 28.7. The first-order chi connectivity index (χ1) is 26.0. The van der Waals surface area contributed by atoms with Gasteiger partial charge in [0.05, 0.1) is 9.79 Å². The molecule has 0 bridgehead atoms. The Morgan fingerprint density at radius 3 is 0.966 bits per heavy atom. The Labute approximate surface area is 311 Å². The van der Waals surface area contributed by atoms with Gasteiger partial charge in [-0.1, -0.05) is 12.1 Å². The van der Waals surface area contributed by atoms with Gasteiger partial charge in [0.2, 0.25) is 0 Å². The number of hydrogen-bond donors (Lipinski definition) is 0. The third-order valence-corrected chi connectivity index (χ3v) is 10.6. The van der Waals surface area contributed by atoms with Crippen molar-refractivity contribution in [3.63, 3.8) is 0 Å². The van der Waals surface area contributed by atoms with E-state index in [1.807, 2.05) is 0 Å². The summed E-state index contributed by atoms with van der Waals surface area (Å²) < 4.78 is 379. The molecule has 0 fully saturated rings. The molecule has 0 N–H and O–H groups in total. The van der Waals surface area contributed by atoms with E-state index in [1.54, 1.807) is 0 Å². The minimum Gasteiger partial charge on any atom is -0.260 e. The van der Waals surface area contributed by atoms with Crippen molar-refractivity contribution in [1.82, 2.24) is 0 Å². The first kappa shape index (κ1) is 49.9. The van der Waals surface area contributed by atoms with E-state index < -0.39 is 122 Å². The van der Waals surface area contributed by atoms with E-state index in [4.69, 9.17) is 0 Å². The van der Waals surface area contributed by atoms with Gasteiger partial charge in [-0.25, -0.2) is 17.6 Å². The average molecular weight is 954 g/mol. The molecule has 1 aliphatic rings. The van der Waals surface area contributed by atoms with E-state index in [-0.39, 0.29) is 22.3 Å². The Bertz CT molecular complexity index is 1990. The molecule has 0 unspecified atom stereocenters. The molecule has 59 heavy (non-hydrogen) atoms. The molecule has 0 saturated carbocycles. The summed E-state index contributed by atoms with van der Waals surface area (Å²) in [7, 11) is -11.8. The summed E-state index contributed by atoms with van der Waals surface area (Å²) in [5.74, 6) is -75.8. The fourth-order valence-electron chi connectivity index (χ4n) is 4.64. The van der Waals surface area contributed by atoms with Gasteiger partial charge in [-0.15, -0.1) is 0 Å². The Hall–Kier alpha value is -3.42. The van der Waals surface area contributed by atoms with E-state index in [1.165, 1.54) is 0 Å². The molecular weight excluding hydrogens is 940 g/mol. The van der Waals surface area contributed by atoms with Gasteiger partial charge in [-0.2, -0.15) is 105 Å². The number of halogens is 24. The predicted molar refractivity (Wildman–Crippen MR) is 142 cm³/mol. The van der Waals surface area contributed by atoms with Crippen LogP contribution in [0.5, 0.6) is 0 Å². The van der Waals surface area contributed by atoms with E-state index in [0.29, 0.717) is 36.4 Å². The second kappa shape index (κ2) is 14.6. The lowest BCUT2D eigenvalue weighted by atomic mass is 9.95. The van der Waals surface area contributed by atoms with Crippen molar-refractivity contribution in [1.29, 1.82) is 0 Å². The van der Waals surface area contributed by atoms with Crippen molar-refractivity contribution in [3.05, 3.63) is 47.5 Å². The van der Waals surface area contributed by atoms with Crippen LogP contribution in [0.2, 0.25) is 0 Å². The van der Waals surface area contributed by atoms with Crippen LogP contribution in [0.25, 0.3) is 11.1 Å². The van der Waals surface area contributed by atoms with Gasteiger partial charge in [0.25, 0.3) is 20.2 Å². The van der Waals surface area contributed by atoms with Crippen molar-refractivity contribution in [2.75, 3.05) is 13.2 Å². The lowest BCUT2D eigenvalue weighted by Crippen LogP contribution is -2.69. The SMILES string of the molecule is O=S(=O)(OCC(F)(F)C(F)(F)C(F)(F)C(F)(F)C(F)(F)C(F)F)c1ccc2c(c1)Cc1cc(S(=O)(=O)OCC(F)(F)C(F)(F)C(F)(F)C(F)(F)C(F)(F)C(F)F)ccc1-2. The molecule has 6 nitrogen and oxygen atoms in total. The summed E-state index contributed by atoms with van der Waals surface area (Å²) in [4.78, 5) is -2.78.